The van der Waals surface area contributed by atoms with Gasteiger partial charge in [0.1, 0.15) is 4.88 Å². The lowest BCUT2D eigenvalue weighted by Gasteiger charge is -2.25. The molecule has 1 atom stereocenters. The Morgan fingerprint density at radius 1 is 1.37 bits per heavy atom. The minimum Gasteiger partial charge on any atom is -0.477 e. The maximum absolute atomic E-state index is 11.2. The van der Waals surface area contributed by atoms with Gasteiger partial charge in [-0.3, -0.25) is 9.80 Å². The second kappa shape index (κ2) is 5.61. The molecule has 1 N–H and O–H groups in total. The summed E-state index contributed by atoms with van der Waals surface area (Å²) in [5.41, 5.74) is 0.976. The molecule has 0 aliphatic carbocycles. The maximum Gasteiger partial charge on any atom is 0.346 e. The second-order valence-corrected chi connectivity index (χ2v) is 6.42. The van der Waals surface area contributed by atoms with Crippen molar-refractivity contribution in [3.8, 4) is 0 Å². The number of aromatic carboxylic acids is 1. The van der Waals surface area contributed by atoms with Gasteiger partial charge in [-0.1, -0.05) is 0 Å². The highest BCUT2D eigenvalue weighted by Gasteiger charge is 2.29. The molecule has 1 aromatic rings. The molecule has 19 heavy (non-hydrogen) atoms. The van der Waals surface area contributed by atoms with Gasteiger partial charge in [-0.05, 0) is 55.9 Å². The van der Waals surface area contributed by atoms with Gasteiger partial charge in [0.15, 0.2) is 0 Å². The van der Waals surface area contributed by atoms with Gasteiger partial charge in [0.25, 0.3) is 0 Å². The molecule has 1 aromatic heterocycles. The summed E-state index contributed by atoms with van der Waals surface area (Å²) in [7, 11) is 0. The van der Waals surface area contributed by atoms with Crippen LogP contribution in [0.4, 0.5) is 0 Å². The molecule has 1 unspecified atom stereocenters. The predicted octanol–water partition coefficient (Wildman–Crippen LogP) is 2.12. The van der Waals surface area contributed by atoms with Crippen molar-refractivity contribution in [1.82, 2.24) is 9.80 Å². The van der Waals surface area contributed by atoms with Crippen molar-refractivity contribution in [2.24, 2.45) is 0 Å². The lowest BCUT2D eigenvalue weighted by Crippen LogP contribution is -2.36. The van der Waals surface area contributed by atoms with E-state index in [4.69, 9.17) is 0 Å². The van der Waals surface area contributed by atoms with Gasteiger partial charge in [-0.2, -0.15) is 0 Å². The monoisotopic (exact) mass is 280 g/mol. The molecular formula is C14H20N2O2S. The molecular weight excluding hydrogens is 260 g/mol. The third-order valence-corrected chi connectivity index (χ3v) is 5.17. The maximum atomic E-state index is 11.2. The van der Waals surface area contributed by atoms with E-state index in [0.717, 1.165) is 25.2 Å². The Kier molecular flexibility index (Phi) is 3.86. The van der Waals surface area contributed by atoms with Crippen molar-refractivity contribution in [2.45, 2.75) is 31.8 Å². The highest BCUT2D eigenvalue weighted by Crippen LogP contribution is 2.24. The summed E-state index contributed by atoms with van der Waals surface area (Å²) in [6.45, 7) is 5.42. The lowest BCUT2D eigenvalue weighted by molar-refractivity contribution is 0.0700. The molecule has 2 fully saturated rings. The fourth-order valence-electron chi connectivity index (χ4n) is 3.32. The Morgan fingerprint density at radius 3 is 3.05 bits per heavy atom. The summed E-state index contributed by atoms with van der Waals surface area (Å²) in [6.07, 6.45) is 3.81. The Balaban J connectivity index is 1.68. The van der Waals surface area contributed by atoms with Crippen LogP contribution in [0.15, 0.2) is 11.4 Å². The van der Waals surface area contributed by atoms with E-state index in [2.05, 4.69) is 9.80 Å². The first-order valence-corrected chi connectivity index (χ1v) is 7.88. The van der Waals surface area contributed by atoms with Crippen LogP contribution in [0.3, 0.4) is 0 Å². The van der Waals surface area contributed by atoms with Crippen LogP contribution < -0.4 is 0 Å². The number of carbonyl (C=O) groups is 1. The Hall–Kier alpha value is -0.910. The Bertz CT molecular complexity index is 460. The third-order valence-electron chi connectivity index (χ3n) is 4.22. The van der Waals surface area contributed by atoms with Crippen LogP contribution in [0.2, 0.25) is 0 Å². The largest absolute Gasteiger partial charge is 0.477 e. The van der Waals surface area contributed by atoms with Crippen molar-refractivity contribution >= 4 is 17.3 Å². The summed E-state index contributed by atoms with van der Waals surface area (Å²) in [4.78, 5) is 16.7. The smallest absolute Gasteiger partial charge is 0.346 e. The Labute approximate surface area is 117 Å². The van der Waals surface area contributed by atoms with Crippen LogP contribution in [0, 0.1) is 0 Å². The van der Waals surface area contributed by atoms with E-state index in [1.165, 1.54) is 43.7 Å². The molecule has 5 heteroatoms. The number of hydrogen-bond donors (Lipinski definition) is 1. The second-order valence-electron chi connectivity index (χ2n) is 5.50. The van der Waals surface area contributed by atoms with Crippen molar-refractivity contribution in [3.63, 3.8) is 0 Å². The SMILES string of the molecule is O=C(O)c1sccc1CN1CCCN2CCCC2C1. The highest BCUT2D eigenvalue weighted by atomic mass is 32.1. The van der Waals surface area contributed by atoms with Crippen LogP contribution in [0.5, 0.6) is 0 Å². The van der Waals surface area contributed by atoms with Crippen LogP contribution in [0.1, 0.15) is 34.5 Å². The molecule has 0 radical (unpaired) electrons. The third kappa shape index (κ3) is 2.83. The van der Waals surface area contributed by atoms with Gasteiger partial charge >= 0.3 is 5.97 Å². The summed E-state index contributed by atoms with van der Waals surface area (Å²) < 4.78 is 0. The lowest BCUT2D eigenvalue weighted by atomic mass is 10.2. The molecule has 0 saturated carbocycles. The predicted molar refractivity (Wildman–Crippen MR) is 75.8 cm³/mol. The van der Waals surface area contributed by atoms with E-state index in [1.54, 1.807) is 0 Å². The number of thiophene rings is 1. The molecule has 104 valence electrons. The summed E-state index contributed by atoms with van der Waals surface area (Å²) in [5, 5.41) is 11.1. The van der Waals surface area contributed by atoms with Crippen molar-refractivity contribution < 1.29 is 9.90 Å². The zero-order valence-electron chi connectivity index (χ0n) is 11.0. The fraction of sp³-hybridized carbons (Fsp3) is 0.643. The van der Waals surface area contributed by atoms with E-state index in [9.17, 15) is 9.90 Å². The van der Waals surface area contributed by atoms with E-state index in [-0.39, 0.29) is 0 Å². The minimum absolute atomic E-state index is 0.507. The molecule has 3 heterocycles. The molecule has 0 amide bonds. The first-order chi connectivity index (χ1) is 9.24. The van der Waals surface area contributed by atoms with Gasteiger partial charge < -0.3 is 5.11 Å². The van der Waals surface area contributed by atoms with Gasteiger partial charge in [0.2, 0.25) is 0 Å². The standard InChI is InChI=1S/C14H20N2O2S/c17-14(18)13-11(4-8-19-13)9-15-5-2-7-16-6-1-3-12(16)10-15/h4,8,12H,1-3,5-7,9-10H2,(H,17,18). The summed E-state index contributed by atoms with van der Waals surface area (Å²) in [5.74, 6) is -0.790. The highest BCUT2D eigenvalue weighted by molar-refractivity contribution is 7.12. The molecule has 3 rings (SSSR count). The quantitative estimate of drug-likeness (QED) is 0.921. The van der Waals surface area contributed by atoms with Crippen LogP contribution in [0.25, 0.3) is 0 Å². The molecule has 2 aliphatic heterocycles. The Morgan fingerprint density at radius 2 is 2.21 bits per heavy atom. The topological polar surface area (TPSA) is 43.8 Å². The molecule has 0 bridgehead atoms. The number of nitrogens with zero attached hydrogens (tertiary/aromatic N) is 2. The van der Waals surface area contributed by atoms with Crippen molar-refractivity contribution in [1.29, 1.82) is 0 Å². The van der Waals surface area contributed by atoms with Crippen LogP contribution in [-0.4, -0.2) is 53.1 Å². The fourth-order valence-corrected chi connectivity index (χ4v) is 4.07. The zero-order valence-corrected chi connectivity index (χ0v) is 11.9. The molecule has 0 spiro atoms. The zero-order chi connectivity index (χ0) is 13.2. The van der Waals surface area contributed by atoms with Crippen LogP contribution in [-0.2, 0) is 6.54 Å². The molecule has 2 aliphatic rings. The number of rotatable bonds is 3. The van der Waals surface area contributed by atoms with Crippen LogP contribution >= 0.6 is 11.3 Å². The van der Waals surface area contributed by atoms with Gasteiger partial charge in [-0.25, -0.2) is 4.79 Å². The average Bonchev–Trinajstić information content (AvgIpc) is 2.96. The van der Waals surface area contributed by atoms with Gasteiger partial charge in [0, 0.05) is 19.1 Å². The first-order valence-electron chi connectivity index (χ1n) is 7.00. The number of carboxylic acid groups (broad SMARTS) is 1. The van der Waals surface area contributed by atoms with Gasteiger partial charge in [0.05, 0.1) is 0 Å². The minimum atomic E-state index is -0.790. The van der Waals surface area contributed by atoms with Crippen molar-refractivity contribution in [3.05, 3.63) is 21.9 Å². The molecule has 0 aromatic carbocycles. The molecule has 2 saturated heterocycles. The summed E-state index contributed by atoms with van der Waals surface area (Å²) in [6, 6.07) is 2.65. The summed E-state index contributed by atoms with van der Waals surface area (Å²) >= 11 is 1.33. The van der Waals surface area contributed by atoms with E-state index in [0.29, 0.717) is 10.9 Å². The number of hydrogen-bond acceptors (Lipinski definition) is 4. The van der Waals surface area contributed by atoms with E-state index < -0.39 is 5.97 Å². The molecule has 4 nitrogen and oxygen atoms in total. The van der Waals surface area contributed by atoms with Crippen molar-refractivity contribution in [2.75, 3.05) is 26.2 Å². The number of fused-ring (bicyclic) bond motifs is 1. The van der Waals surface area contributed by atoms with E-state index in [1.807, 2.05) is 11.4 Å². The average molecular weight is 280 g/mol. The van der Waals surface area contributed by atoms with E-state index >= 15 is 0 Å². The number of carboxylic acids is 1. The van der Waals surface area contributed by atoms with Gasteiger partial charge in [-0.15, -0.1) is 11.3 Å². The normalized spacial score (nSPS) is 25.2. The first kappa shape index (κ1) is 13.1.